The van der Waals surface area contributed by atoms with Crippen molar-refractivity contribution in [2.45, 2.75) is 12.6 Å². The topological polar surface area (TPSA) is 82.3 Å². The molecule has 1 unspecified atom stereocenters. The molecule has 2 aromatic rings. The minimum Gasteiger partial charge on any atom is -0.350 e. The van der Waals surface area contributed by atoms with Gasteiger partial charge in [0.25, 0.3) is 5.91 Å². The van der Waals surface area contributed by atoms with Gasteiger partial charge in [-0.1, -0.05) is 30.3 Å². The lowest BCUT2D eigenvalue weighted by Gasteiger charge is -2.23. The van der Waals surface area contributed by atoms with Gasteiger partial charge in [-0.3, -0.25) is 14.4 Å². The molecule has 0 bridgehead atoms. The average Bonchev–Trinajstić information content (AvgIpc) is 3.10. The predicted octanol–water partition coefficient (Wildman–Crippen LogP) is 1.21. The summed E-state index contributed by atoms with van der Waals surface area (Å²) in [5.41, 5.74) is 1.12. The molecule has 1 atom stereocenters. The van der Waals surface area contributed by atoms with Crippen molar-refractivity contribution in [2.24, 2.45) is 0 Å². The van der Waals surface area contributed by atoms with E-state index in [9.17, 15) is 14.4 Å². The molecule has 2 N–H and O–H groups in total. The van der Waals surface area contributed by atoms with Crippen LogP contribution in [0, 0.1) is 0 Å². The van der Waals surface area contributed by atoms with Gasteiger partial charge in [-0.25, -0.2) is 0 Å². The van der Waals surface area contributed by atoms with E-state index in [1.165, 1.54) is 30.1 Å². The lowest BCUT2D eigenvalue weighted by molar-refractivity contribution is -0.124. The van der Waals surface area contributed by atoms with Crippen molar-refractivity contribution in [1.29, 1.82) is 0 Å². The van der Waals surface area contributed by atoms with E-state index >= 15 is 0 Å². The van der Waals surface area contributed by atoms with E-state index in [0.717, 1.165) is 5.56 Å². The van der Waals surface area contributed by atoms with E-state index in [4.69, 9.17) is 0 Å². The average molecular weight is 343 g/mol. The van der Waals surface area contributed by atoms with E-state index in [0.29, 0.717) is 23.7 Å². The summed E-state index contributed by atoms with van der Waals surface area (Å²) in [6.07, 6.45) is 1.38. The van der Waals surface area contributed by atoms with Gasteiger partial charge in [-0.2, -0.15) is 0 Å². The Kier molecular flexibility index (Phi) is 5.00. The fourth-order valence-corrected chi connectivity index (χ4v) is 3.63. The molecule has 2 heterocycles. The van der Waals surface area contributed by atoms with Gasteiger partial charge in [0.1, 0.15) is 6.04 Å². The number of amides is 2. The van der Waals surface area contributed by atoms with Crippen LogP contribution in [0.4, 0.5) is 0 Å². The smallest absolute Gasteiger partial charge is 0.256 e. The van der Waals surface area contributed by atoms with Gasteiger partial charge in [0, 0.05) is 24.6 Å². The second-order valence-corrected chi connectivity index (χ2v) is 6.44. The normalized spacial score (nSPS) is 16.8. The zero-order valence-corrected chi connectivity index (χ0v) is 13.7. The number of hydrogen-bond acceptors (Lipinski definition) is 4. The quantitative estimate of drug-likeness (QED) is 0.874. The first-order chi connectivity index (χ1) is 11.6. The van der Waals surface area contributed by atoms with Crippen molar-refractivity contribution in [1.82, 2.24) is 15.2 Å². The van der Waals surface area contributed by atoms with Gasteiger partial charge in [0.2, 0.25) is 11.5 Å². The number of carbonyl (C=O) groups is 2. The summed E-state index contributed by atoms with van der Waals surface area (Å²) in [4.78, 5) is 40.1. The number of nitrogens with one attached hydrogen (secondary N) is 2. The van der Waals surface area contributed by atoms with Crippen LogP contribution in [0.1, 0.15) is 15.9 Å². The summed E-state index contributed by atoms with van der Waals surface area (Å²) >= 11 is 1.54. The fourth-order valence-electron chi connectivity index (χ4n) is 2.47. The maximum atomic E-state index is 12.6. The molecule has 1 aliphatic rings. The van der Waals surface area contributed by atoms with Crippen molar-refractivity contribution in [3.05, 3.63) is 70.1 Å². The van der Waals surface area contributed by atoms with Crippen molar-refractivity contribution >= 4 is 23.6 Å². The first-order valence-corrected chi connectivity index (χ1v) is 8.70. The number of aromatic amines is 1. The summed E-state index contributed by atoms with van der Waals surface area (Å²) in [6.45, 7) is 0.432. The standard InChI is InChI=1S/C17H17N3O3S/c21-15-7-6-13(9-18-15)17(23)20-11-24-10-14(20)16(22)19-8-12-4-2-1-3-5-12/h1-7,9,14H,8,10-11H2,(H,18,21)(H,19,22). The third kappa shape index (κ3) is 3.68. The predicted molar refractivity (Wildman–Crippen MR) is 92.6 cm³/mol. The van der Waals surface area contributed by atoms with Crippen LogP contribution < -0.4 is 10.9 Å². The van der Waals surface area contributed by atoms with E-state index in [1.54, 1.807) is 4.90 Å². The van der Waals surface area contributed by atoms with Crippen LogP contribution >= 0.6 is 11.8 Å². The third-order valence-corrected chi connectivity index (χ3v) is 4.80. The van der Waals surface area contributed by atoms with Crippen molar-refractivity contribution in [2.75, 3.05) is 11.6 Å². The molecule has 7 heteroatoms. The molecule has 0 radical (unpaired) electrons. The second kappa shape index (κ2) is 7.35. The summed E-state index contributed by atoms with van der Waals surface area (Å²) in [5, 5.41) is 2.88. The molecule has 2 amide bonds. The fraction of sp³-hybridized carbons (Fsp3) is 0.235. The highest BCUT2D eigenvalue weighted by Gasteiger charge is 2.35. The monoisotopic (exact) mass is 343 g/mol. The van der Waals surface area contributed by atoms with E-state index in [1.807, 2.05) is 30.3 Å². The molecule has 6 nitrogen and oxygen atoms in total. The van der Waals surface area contributed by atoms with Crippen LogP contribution in [0.15, 0.2) is 53.5 Å². The van der Waals surface area contributed by atoms with Crippen molar-refractivity contribution < 1.29 is 9.59 Å². The van der Waals surface area contributed by atoms with Crippen LogP contribution in [0.5, 0.6) is 0 Å². The number of rotatable bonds is 4. The lowest BCUT2D eigenvalue weighted by atomic mass is 10.2. The lowest BCUT2D eigenvalue weighted by Crippen LogP contribution is -2.47. The van der Waals surface area contributed by atoms with Gasteiger partial charge in [-0.15, -0.1) is 11.8 Å². The molecule has 0 saturated carbocycles. The Bertz CT molecular complexity index is 771. The van der Waals surface area contributed by atoms with Crippen LogP contribution in [0.2, 0.25) is 0 Å². The zero-order valence-electron chi connectivity index (χ0n) is 12.9. The van der Waals surface area contributed by atoms with E-state index in [-0.39, 0.29) is 17.4 Å². The molecular weight excluding hydrogens is 326 g/mol. The minimum atomic E-state index is -0.502. The number of nitrogens with zero attached hydrogens (tertiary/aromatic N) is 1. The van der Waals surface area contributed by atoms with Gasteiger partial charge in [0.05, 0.1) is 11.4 Å². The summed E-state index contributed by atoms with van der Waals surface area (Å²) in [6, 6.07) is 11.9. The van der Waals surface area contributed by atoms with Gasteiger partial charge in [-0.05, 0) is 11.6 Å². The Labute approximate surface area is 143 Å². The summed E-state index contributed by atoms with van der Waals surface area (Å²) in [7, 11) is 0. The number of benzene rings is 1. The SMILES string of the molecule is O=C(NCc1ccccc1)C1CSCN1C(=O)c1ccc(=O)[nH]c1. The molecular formula is C17H17N3O3S. The largest absolute Gasteiger partial charge is 0.350 e. The van der Waals surface area contributed by atoms with Crippen molar-refractivity contribution in [3.8, 4) is 0 Å². The van der Waals surface area contributed by atoms with E-state index in [2.05, 4.69) is 10.3 Å². The first-order valence-electron chi connectivity index (χ1n) is 7.54. The van der Waals surface area contributed by atoms with Gasteiger partial charge in [0.15, 0.2) is 0 Å². The summed E-state index contributed by atoms with van der Waals surface area (Å²) < 4.78 is 0. The highest BCUT2D eigenvalue weighted by molar-refractivity contribution is 7.99. The number of pyridine rings is 1. The maximum absolute atomic E-state index is 12.6. The van der Waals surface area contributed by atoms with Crippen LogP contribution in [-0.2, 0) is 11.3 Å². The number of thioether (sulfide) groups is 1. The molecule has 124 valence electrons. The Morgan fingerprint density at radius 1 is 1.21 bits per heavy atom. The molecule has 3 rings (SSSR count). The number of aromatic nitrogens is 1. The summed E-state index contributed by atoms with van der Waals surface area (Å²) in [5.74, 6) is 0.606. The first kappa shape index (κ1) is 16.3. The molecule has 1 aromatic carbocycles. The van der Waals surface area contributed by atoms with Gasteiger partial charge < -0.3 is 15.2 Å². The Morgan fingerprint density at radius 2 is 2.00 bits per heavy atom. The Morgan fingerprint density at radius 3 is 2.71 bits per heavy atom. The van der Waals surface area contributed by atoms with E-state index < -0.39 is 6.04 Å². The molecule has 1 saturated heterocycles. The molecule has 24 heavy (non-hydrogen) atoms. The number of hydrogen-bond donors (Lipinski definition) is 2. The van der Waals surface area contributed by atoms with Crippen LogP contribution in [-0.4, -0.2) is 39.4 Å². The molecule has 1 fully saturated rings. The Balaban J connectivity index is 1.66. The minimum absolute atomic E-state index is 0.165. The molecule has 0 aliphatic carbocycles. The van der Waals surface area contributed by atoms with Crippen molar-refractivity contribution in [3.63, 3.8) is 0 Å². The second-order valence-electron chi connectivity index (χ2n) is 5.44. The Hall–Kier alpha value is -2.54. The van der Waals surface area contributed by atoms with Gasteiger partial charge >= 0.3 is 0 Å². The highest BCUT2D eigenvalue weighted by Crippen LogP contribution is 2.23. The third-order valence-electron chi connectivity index (χ3n) is 3.79. The number of H-pyrrole nitrogens is 1. The molecule has 1 aliphatic heterocycles. The number of carbonyl (C=O) groups excluding carboxylic acids is 2. The van der Waals surface area contributed by atoms with Crippen LogP contribution in [0.3, 0.4) is 0 Å². The molecule has 0 spiro atoms. The molecule has 1 aromatic heterocycles. The highest BCUT2D eigenvalue weighted by atomic mass is 32.2. The maximum Gasteiger partial charge on any atom is 0.256 e. The zero-order chi connectivity index (χ0) is 16.9. The van der Waals surface area contributed by atoms with Crippen LogP contribution in [0.25, 0.3) is 0 Å².